The van der Waals surface area contributed by atoms with Crippen LogP contribution in [0.4, 0.5) is 13.2 Å². The number of carbonyl (C=O) groups is 1. The molecule has 0 unspecified atom stereocenters. The molecule has 2 aliphatic rings. The van der Waals surface area contributed by atoms with Gasteiger partial charge in [-0.1, -0.05) is 0 Å². The summed E-state index contributed by atoms with van der Waals surface area (Å²) >= 11 is 1.30. The maximum Gasteiger partial charge on any atom is 0.419 e. The number of carboxylic acid groups (broad SMARTS) is 1. The number of hydrogen-bond donors (Lipinski definition) is 1. The lowest BCUT2D eigenvalue weighted by Gasteiger charge is -2.26. The van der Waals surface area contributed by atoms with Gasteiger partial charge in [0.25, 0.3) is 5.56 Å². The van der Waals surface area contributed by atoms with Crippen LogP contribution in [0.3, 0.4) is 0 Å². The Balaban J connectivity index is 1.87. The summed E-state index contributed by atoms with van der Waals surface area (Å²) < 4.78 is 53.2. The van der Waals surface area contributed by atoms with E-state index in [0.717, 1.165) is 6.07 Å². The standard InChI is InChI=1S/C21H20F3NO5S/c1-29-5-2-6-30-16-9-17-13(8-15(16)21(22,23)24)18-11(10-31-17)7-14(20(27)28)19(26)25(18)12-3-4-12/h7-9,12H,2-6,10H2,1H3,(H,27,28). The second-order valence-corrected chi connectivity index (χ2v) is 8.49. The molecule has 0 spiro atoms. The Morgan fingerprint density at radius 2 is 2.00 bits per heavy atom. The van der Waals surface area contributed by atoms with Crippen molar-refractivity contribution in [2.75, 3.05) is 20.3 Å². The van der Waals surface area contributed by atoms with Gasteiger partial charge in [0.05, 0.1) is 17.9 Å². The Labute approximate surface area is 180 Å². The number of aromatic carboxylic acids is 1. The fraction of sp³-hybridized carbons (Fsp3) is 0.429. The molecule has 4 rings (SSSR count). The minimum Gasteiger partial charge on any atom is -0.493 e. The molecule has 0 atom stereocenters. The van der Waals surface area contributed by atoms with E-state index in [1.165, 1.54) is 35.6 Å². The van der Waals surface area contributed by atoms with E-state index in [-0.39, 0.29) is 29.5 Å². The normalized spacial score (nSPS) is 15.4. The first-order valence-electron chi connectivity index (χ1n) is 9.74. The third-order valence-electron chi connectivity index (χ3n) is 5.23. The van der Waals surface area contributed by atoms with Crippen molar-refractivity contribution in [2.45, 2.75) is 42.1 Å². The highest BCUT2D eigenvalue weighted by atomic mass is 32.2. The zero-order valence-corrected chi connectivity index (χ0v) is 17.4. The molecule has 0 amide bonds. The molecule has 166 valence electrons. The second-order valence-electron chi connectivity index (χ2n) is 7.47. The second kappa shape index (κ2) is 8.23. The maximum atomic E-state index is 13.8. The number of methoxy groups -OCH3 is 1. The van der Waals surface area contributed by atoms with E-state index >= 15 is 0 Å². The van der Waals surface area contributed by atoms with Gasteiger partial charge >= 0.3 is 12.1 Å². The number of benzene rings is 1. The van der Waals surface area contributed by atoms with Gasteiger partial charge in [0.1, 0.15) is 11.3 Å². The molecule has 1 aliphatic heterocycles. The van der Waals surface area contributed by atoms with Crippen LogP contribution in [0.25, 0.3) is 11.3 Å². The van der Waals surface area contributed by atoms with Crippen LogP contribution in [0.2, 0.25) is 0 Å². The highest BCUT2D eigenvalue weighted by molar-refractivity contribution is 7.98. The van der Waals surface area contributed by atoms with Crippen molar-refractivity contribution in [3.63, 3.8) is 0 Å². The zero-order chi connectivity index (χ0) is 22.3. The molecule has 0 saturated heterocycles. The third-order valence-corrected chi connectivity index (χ3v) is 6.34. The maximum absolute atomic E-state index is 13.8. The molecule has 1 saturated carbocycles. The van der Waals surface area contributed by atoms with E-state index in [1.54, 1.807) is 0 Å². The van der Waals surface area contributed by atoms with Crippen LogP contribution in [0, 0.1) is 0 Å². The van der Waals surface area contributed by atoms with Gasteiger partial charge in [0.15, 0.2) is 0 Å². The van der Waals surface area contributed by atoms with E-state index in [1.807, 2.05) is 0 Å². The molecule has 1 N–H and O–H groups in total. The van der Waals surface area contributed by atoms with Crippen LogP contribution in [0.5, 0.6) is 5.75 Å². The average Bonchev–Trinajstić information content (AvgIpc) is 3.54. The van der Waals surface area contributed by atoms with E-state index in [2.05, 4.69) is 0 Å². The van der Waals surface area contributed by atoms with Gasteiger partial charge < -0.3 is 19.1 Å². The van der Waals surface area contributed by atoms with Gasteiger partial charge in [-0.05, 0) is 36.6 Å². The summed E-state index contributed by atoms with van der Waals surface area (Å²) in [6.07, 6.45) is -2.84. The first kappa shape index (κ1) is 21.8. The SMILES string of the molecule is COCCCOc1cc2c(cc1C(F)(F)F)-c1c(cc(C(=O)O)c(=O)n1C1CC1)CS2. The average molecular weight is 455 g/mol. The van der Waals surface area contributed by atoms with Crippen molar-refractivity contribution in [2.24, 2.45) is 0 Å². The van der Waals surface area contributed by atoms with Crippen LogP contribution in [-0.4, -0.2) is 36.0 Å². The molecule has 1 aromatic heterocycles. The Morgan fingerprint density at radius 3 is 2.61 bits per heavy atom. The molecule has 0 bridgehead atoms. The molecule has 31 heavy (non-hydrogen) atoms. The van der Waals surface area contributed by atoms with Gasteiger partial charge in [0.2, 0.25) is 0 Å². The van der Waals surface area contributed by atoms with E-state index in [4.69, 9.17) is 9.47 Å². The number of ether oxygens (including phenoxy) is 2. The Morgan fingerprint density at radius 1 is 1.26 bits per heavy atom. The minimum absolute atomic E-state index is 0.0751. The summed E-state index contributed by atoms with van der Waals surface area (Å²) in [5, 5.41) is 9.40. The van der Waals surface area contributed by atoms with E-state index < -0.39 is 23.3 Å². The molecule has 6 nitrogen and oxygen atoms in total. The predicted octanol–water partition coefficient (Wildman–Crippen LogP) is 4.59. The largest absolute Gasteiger partial charge is 0.493 e. The molecular weight excluding hydrogens is 435 g/mol. The lowest BCUT2D eigenvalue weighted by molar-refractivity contribution is -0.139. The number of pyridine rings is 1. The summed E-state index contributed by atoms with van der Waals surface area (Å²) in [6, 6.07) is 3.48. The lowest BCUT2D eigenvalue weighted by Crippen LogP contribution is -2.29. The predicted molar refractivity (Wildman–Crippen MR) is 108 cm³/mol. The molecular formula is C21H20F3NO5S. The van der Waals surface area contributed by atoms with Gasteiger partial charge in [0, 0.05) is 42.4 Å². The zero-order valence-electron chi connectivity index (χ0n) is 16.6. The van der Waals surface area contributed by atoms with Crippen LogP contribution in [0.15, 0.2) is 27.9 Å². The number of hydrogen-bond acceptors (Lipinski definition) is 5. The first-order chi connectivity index (χ1) is 14.7. The van der Waals surface area contributed by atoms with Crippen molar-refractivity contribution in [3.8, 4) is 17.0 Å². The van der Waals surface area contributed by atoms with Crippen molar-refractivity contribution in [1.29, 1.82) is 0 Å². The molecule has 1 fully saturated rings. The van der Waals surface area contributed by atoms with Crippen molar-refractivity contribution in [1.82, 2.24) is 4.57 Å². The smallest absolute Gasteiger partial charge is 0.419 e. The van der Waals surface area contributed by atoms with Gasteiger partial charge in [-0.2, -0.15) is 13.2 Å². The molecule has 10 heteroatoms. The molecule has 1 aliphatic carbocycles. The number of halogens is 3. The Hall–Kier alpha value is -2.46. The number of alkyl halides is 3. The number of thioether (sulfide) groups is 1. The van der Waals surface area contributed by atoms with Gasteiger partial charge in [-0.3, -0.25) is 4.79 Å². The summed E-state index contributed by atoms with van der Waals surface area (Å²) in [6.45, 7) is 0.444. The van der Waals surface area contributed by atoms with Crippen molar-refractivity contribution < 1.29 is 32.5 Å². The van der Waals surface area contributed by atoms with Crippen LogP contribution in [-0.2, 0) is 16.7 Å². The number of carboxylic acids is 1. The number of rotatable bonds is 7. The minimum atomic E-state index is -4.65. The van der Waals surface area contributed by atoms with Crippen molar-refractivity contribution >= 4 is 17.7 Å². The van der Waals surface area contributed by atoms with Crippen LogP contribution >= 0.6 is 11.8 Å². The van der Waals surface area contributed by atoms with Crippen molar-refractivity contribution in [3.05, 3.63) is 45.2 Å². The fourth-order valence-corrected chi connectivity index (χ4v) is 4.72. The first-order valence-corrected chi connectivity index (χ1v) is 10.7. The summed E-state index contributed by atoms with van der Waals surface area (Å²) in [7, 11) is 1.50. The molecule has 2 heterocycles. The Bertz CT molecular complexity index is 1090. The number of fused-ring (bicyclic) bond motifs is 3. The van der Waals surface area contributed by atoms with Gasteiger partial charge in [-0.15, -0.1) is 11.8 Å². The van der Waals surface area contributed by atoms with Crippen LogP contribution < -0.4 is 10.3 Å². The van der Waals surface area contributed by atoms with Crippen LogP contribution in [0.1, 0.15) is 46.8 Å². The highest BCUT2D eigenvalue weighted by Gasteiger charge is 2.38. The summed E-state index contributed by atoms with van der Waals surface area (Å²) in [5.41, 5.74) is -0.757. The fourth-order valence-electron chi connectivity index (χ4n) is 3.68. The van der Waals surface area contributed by atoms with E-state index in [0.29, 0.717) is 47.8 Å². The highest BCUT2D eigenvalue weighted by Crippen LogP contribution is 2.49. The molecule has 2 aromatic rings. The number of nitrogens with zero attached hydrogens (tertiary/aromatic N) is 1. The lowest BCUT2D eigenvalue weighted by atomic mass is 10.00. The Kier molecular flexibility index (Phi) is 5.78. The summed E-state index contributed by atoms with van der Waals surface area (Å²) in [5.74, 6) is -1.25. The third kappa shape index (κ3) is 4.18. The molecule has 0 radical (unpaired) electrons. The monoisotopic (exact) mass is 455 g/mol. The van der Waals surface area contributed by atoms with E-state index in [9.17, 15) is 27.9 Å². The topological polar surface area (TPSA) is 77.8 Å². The number of aromatic nitrogens is 1. The molecule has 1 aromatic carbocycles. The van der Waals surface area contributed by atoms with Gasteiger partial charge in [-0.25, -0.2) is 4.79 Å². The summed E-state index contributed by atoms with van der Waals surface area (Å²) in [4.78, 5) is 24.9. The quantitative estimate of drug-likeness (QED) is 0.616.